The van der Waals surface area contributed by atoms with Crippen molar-refractivity contribution in [3.8, 4) is 0 Å². The minimum atomic E-state index is -0.402. The van der Waals surface area contributed by atoms with Crippen molar-refractivity contribution in [1.82, 2.24) is 5.32 Å². The number of carbonyl (C=O) groups is 1. The largest absolute Gasteiger partial charge is 0.353 e. The van der Waals surface area contributed by atoms with Gasteiger partial charge in [-0.3, -0.25) is 4.79 Å². The molecule has 0 radical (unpaired) electrons. The molecule has 0 heterocycles. The minimum Gasteiger partial charge on any atom is -0.353 e. The van der Waals surface area contributed by atoms with Crippen LogP contribution in [0.4, 0.5) is 0 Å². The van der Waals surface area contributed by atoms with Crippen molar-refractivity contribution in [3.63, 3.8) is 0 Å². The zero-order valence-electron chi connectivity index (χ0n) is 13.0. The zero-order valence-corrected chi connectivity index (χ0v) is 13.0. The Morgan fingerprint density at radius 2 is 1.85 bits per heavy atom. The molecule has 0 aromatic heterocycles. The average molecular weight is 276 g/mol. The van der Waals surface area contributed by atoms with E-state index in [1.165, 1.54) is 5.56 Å². The molecule has 3 heteroatoms. The summed E-state index contributed by atoms with van der Waals surface area (Å²) in [6.45, 7) is 6.54. The van der Waals surface area contributed by atoms with E-state index in [4.69, 9.17) is 5.73 Å². The number of carbonyl (C=O) groups excluding carboxylic acids is 1. The Morgan fingerprint density at radius 1 is 1.25 bits per heavy atom. The molecule has 20 heavy (non-hydrogen) atoms. The Balaban J connectivity index is 2.49. The van der Waals surface area contributed by atoms with Gasteiger partial charge in [-0.15, -0.1) is 0 Å². The lowest BCUT2D eigenvalue weighted by molar-refractivity contribution is -0.131. The Kier molecular flexibility index (Phi) is 6.73. The lowest BCUT2D eigenvalue weighted by atomic mass is 9.81. The fourth-order valence-corrected chi connectivity index (χ4v) is 2.43. The topological polar surface area (TPSA) is 55.1 Å². The summed E-state index contributed by atoms with van der Waals surface area (Å²) in [6.07, 6.45) is 3.51. The molecule has 0 bridgehead atoms. The van der Waals surface area contributed by atoms with Crippen molar-refractivity contribution in [1.29, 1.82) is 0 Å². The number of hydrogen-bond acceptors (Lipinski definition) is 2. The fraction of sp³-hybridized carbons (Fsp3) is 0.588. The van der Waals surface area contributed by atoms with Crippen molar-refractivity contribution in [2.24, 2.45) is 11.1 Å². The van der Waals surface area contributed by atoms with Gasteiger partial charge in [-0.25, -0.2) is 0 Å². The molecule has 0 aliphatic heterocycles. The molecule has 0 aliphatic carbocycles. The van der Waals surface area contributed by atoms with Crippen molar-refractivity contribution in [2.75, 3.05) is 6.54 Å². The molecule has 0 saturated carbocycles. The van der Waals surface area contributed by atoms with Crippen LogP contribution in [-0.4, -0.2) is 18.5 Å². The summed E-state index contributed by atoms with van der Waals surface area (Å²) in [5.41, 5.74) is 6.72. The van der Waals surface area contributed by atoms with Crippen LogP contribution in [0.5, 0.6) is 0 Å². The third-order valence-electron chi connectivity index (χ3n) is 4.31. The summed E-state index contributed by atoms with van der Waals surface area (Å²) >= 11 is 0. The number of rotatable bonds is 8. The van der Waals surface area contributed by atoms with Crippen LogP contribution >= 0.6 is 0 Å². The van der Waals surface area contributed by atoms with Gasteiger partial charge in [0, 0.05) is 12.6 Å². The SMILES string of the molecule is CCC(CC)(CN)C(=O)NC(C)CCc1ccccc1. The highest BCUT2D eigenvalue weighted by Crippen LogP contribution is 2.25. The number of nitrogens with one attached hydrogen (secondary N) is 1. The van der Waals surface area contributed by atoms with Crippen molar-refractivity contribution in [3.05, 3.63) is 35.9 Å². The van der Waals surface area contributed by atoms with E-state index in [9.17, 15) is 4.79 Å². The highest BCUT2D eigenvalue weighted by atomic mass is 16.2. The number of benzene rings is 1. The molecular formula is C17H28N2O. The van der Waals surface area contributed by atoms with Crippen LogP contribution in [0, 0.1) is 5.41 Å². The van der Waals surface area contributed by atoms with Crippen LogP contribution < -0.4 is 11.1 Å². The second-order valence-electron chi connectivity index (χ2n) is 5.59. The van der Waals surface area contributed by atoms with E-state index in [2.05, 4.69) is 24.4 Å². The van der Waals surface area contributed by atoms with Crippen LogP contribution in [0.3, 0.4) is 0 Å². The van der Waals surface area contributed by atoms with Crippen molar-refractivity contribution >= 4 is 5.91 Å². The molecule has 1 aromatic carbocycles. The maximum Gasteiger partial charge on any atom is 0.227 e. The highest BCUT2D eigenvalue weighted by molar-refractivity contribution is 5.83. The van der Waals surface area contributed by atoms with Crippen LogP contribution in [0.15, 0.2) is 30.3 Å². The standard InChI is InChI=1S/C17H28N2O/c1-4-17(5-2,13-18)16(20)19-14(3)11-12-15-9-7-6-8-10-15/h6-10,14H,4-5,11-13,18H2,1-3H3,(H,19,20). The van der Waals surface area contributed by atoms with Crippen LogP contribution in [-0.2, 0) is 11.2 Å². The van der Waals surface area contributed by atoms with E-state index in [1.807, 2.05) is 32.0 Å². The highest BCUT2D eigenvalue weighted by Gasteiger charge is 2.33. The van der Waals surface area contributed by atoms with E-state index >= 15 is 0 Å². The molecule has 0 fully saturated rings. The molecule has 0 spiro atoms. The maximum atomic E-state index is 12.4. The molecule has 1 rings (SSSR count). The van der Waals surface area contributed by atoms with Gasteiger partial charge < -0.3 is 11.1 Å². The van der Waals surface area contributed by atoms with Gasteiger partial charge >= 0.3 is 0 Å². The molecule has 3 N–H and O–H groups in total. The Bertz CT molecular complexity index is 390. The average Bonchev–Trinajstić information content (AvgIpc) is 2.48. The first kappa shape index (κ1) is 16.7. The summed E-state index contributed by atoms with van der Waals surface area (Å²) in [5, 5.41) is 3.12. The van der Waals surface area contributed by atoms with Gasteiger partial charge in [-0.2, -0.15) is 0 Å². The zero-order chi connectivity index (χ0) is 15.0. The fourth-order valence-electron chi connectivity index (χ4n) is 2.43. The minimum absolute atomic E-state index is 0.102. The van der Waals surface area contributed by atoms with Crippen molar-refractivity contribution < 1.29 is 4.79 Å². The third kappa shape index (κ3) is 4.34. The van der Waals surface area contributed by atoms with E-state index < -0.39 is 5.41 Å². The second kappa shape index (κ2) is 8.05. The Hall–Kier alpha value is -1.35. The summed E-state index contributed by atoms with van der Waals surface area (Å²) in [5.74, 6) is 0.102. The van der Waals surface area contributed by atoms with Gasteiger partial charge in [0.1, 0.15) is 0 Å². The normalized spacial score (nSPS) is 13.0. The Labute approximate surface area is 122 Å². The molecule has 0 aliphatic rings. The smallest absolute Gasteiger partial charge is 0.227 e. The molecule has 3 nitrogen and oxygen atoms in total. The molecule has 0 saturated heterocycles. The van der Waals surface area contributed by atoms with Gasteiger partial charge in [0.05, 0.1) is 5.41 Å². The first-order valence-corrected chi connectivity index (χ1v) is 7.63. The van der Waals surface area contributed by atoms with E-state index in [1.54, 1.807) is 0 Å². The predicted molar refractivity (Wildman–Crippen MR) is 84.4 cm³/mol. The van der Waals surface area contributed by atoms with Crippen LogP contribution in [0.2, 0.25) is 0 Å². The van der Waals surface area contributed by atoms with Gasteiger partial charge in [0.25, 0.3) is 0 Å². The molecule has 1 aromatic rings. The molecule has 1 atom stereocenters. The first-order valence-electron chi connectivity index (χ1n) is 7.63. The van der Waals surface area contributed by atoms with Gasteiger partial charge in [0.15, 0.2) is 0 Å². The lowest BCUT2D eigenvalue weighted by Crippen LogP contribution is -2.48. The maximum absolute atomic E-state index is 12.4. The van der Waals surface area contributed by atoms with E-state index in [0.29, 0.717) is 6.54 Å². The van der Waals surface area contributed by atoms with Gasteiger partial charge in [-0.05, 0) is 38.2 Å². The molecule has 1 amide bonds. The van der Waals surface area contributed by atoms with E-state index in [-0.39, 0.29) is 11.9 Å². The van der Waals surface area contributed by atoms with Gasteiger partial charge in [-0.1, -0.05) is 44.2 Å². The number of amides is 1. The summed E-state index contributed by atoms with van der Waals surface area (Å²) in [4.78, 5) is 12.4. The second-order valence-corrected chi connectivity index (χ2v) is 5.59. The lowest BCUT2D eigenvalue weighted by Gasteiger charge is -2.30. The summed E-state index contributed by atoms with van der Waals surface area (Å²) in [6, 6.07) is 10.5. The van der Waals surface area contributed by atoms with Crippen molar-refractivity contribution in [2.45, 2.75) is 52.5 Å². The van der Waals surface area contributed by atoms with Gasteiger partial charge in [0.2, 0.25) is 5.91 Å². The number of nitrogens with two attached hydrogens (primary N) is 1. The first-order chi connectivity index (χ1) is 9.57. The third-order valence-corrected chi connectivity index (χ3v) is 4.31. The quantitative estimate of drug-likeness (QED) is 0.767. The predicted octanol–water partition coefficient (Wildman–Crippen LogP) is 2.89. The summed E-state index contributed by atoms with van der Waals surface area (Å²) in [7, 11) is 0. The Morgan fingerprint density at radius 3 is 2.35 bits per heavy atom. The molecule has 112 valence electrons. The number of hydrogen-bond donors (Lipinski definition) is 2. The molecule has 1 unspecified atom stereocenters. The van der Waals surface area contributed by atoms with Crippen LogP contribution in [0.1, 0.15) is 45.6 Å². The monoisotopic (exact) mass is 276 g/mol. The number of aryl methyl sites for hydroxylation is 1. The molecular weight excluding hydrogens is 248 g/mol. The van der Waals surface area contributed by atoms with E-state index in [0.717, 1.165) is 25.7 Å². The summed E-state index contributed by atoms with van der Waals surface area (Å²) < 4.78 is 0. The van der Waals surface area contributed by atoms with Crippen LogP contribution in [0.25, 0.3) is 0 Å².